The zero-order valence-electron chi connectivity index (χ0n) is 13.0. The molecule has 2 aromatic rings. The maximum absolute atomic E-state index is 9.31. The summed E-state index contributed by atoms with van der Waals surface area (Å²) in [4.78, 5) is 0. The lowest BCUT2D eigenvalue weighted by molar-refractivity contribution is 0.474. The van der Waals surface area contributed by atoms with Gasteiger partial charge in [-0.15, -0.1) is 0 Å². The Morgan fingerprint density at radius 2 is 1.95 bits per heavy atom. The molecular weight excluding hydrogens is 270 g/mol. The van der Waals surface area contributed by atoms with Crippen LogP contribution < -0.4 is 5.32 Å². The summed E-state index contributed by atoms with van der Waals surface area (Å²) < 4.78 is 0. The highest BCUT2D eigenvalue weighted by Crippen LogP contribution is 2.23. The van der Waals surface area contributed by atoms with Crippen molar-refractivity contribution in [2.75, 3.05) is 0 Å². The second kappa shape index (κ2) is 6.80. The predicted octanol–water partition coefficient (Wildman–Crippen LogP) is 4.07. The minimum atomic E-state index is 0.319. The third-order valence-electron chi connectivity index (χ3n) is 4.27. The van der Waals surface area contributed by atoms with Gasteiger partial charge in [0.05, 0.1) is 0 Å². The first-order chi connectivity index (χ1) is 10.7. The number of hydrogen-bond acceptors (Lipinski definition) is 2. The van der Waals surface area contributed by atoms with Crippen molar-refractivity contribution in [2.24, 2.45) is 0 Å². The molecule has 2 heteroatoms. The average Bonchev–Trinajstić information content (AvgIpc) is 2.55. The topological polar surface area (TPSA) is 32.3 Å². The Hall–Kier alpha value is -2.06. The van der Waals surface area contributed by atoms with Gasteiger partial charge in [0.25, 0.3) is 0 Å². The molecule has 0 fully saturated rings. The van der Waals surface area contributed by atoms with Crippen LogP contribution in [0.3, 0.4) is 0 Å². The van der Waals surface area contributed by atoms with Gasteiger partial charge in [0.15, 0.2) is 0 Å². The molecule has 1 unspecified atom stereocenters. The van der Waals surface area contributed by atoms with Gasteiger partial charge in [0.2, 0.25) is 0 Å². The number of benzene rings is 2. The quantitative estimate of drug-likeness (QED) is 0.871. The standard InChI is InChI=1S/C20H23NO/c1-15(21-14-16-9-11-19(22)12-10-16)13-18-7-4-6-17-5-2-3-8-20(17)18/h3-4,6-12,15,21-22H,2,5,13-14H2,1H3. The summed E-state index contributed by atoms with van der Waals surface area (Å²) in [5.74, 6) is 0.319. The molecular formula is C20H23NO. The summed E-state index contributed by atoms with van der Waals surface area (Å²) in [7, 11) is 0. The molecule has 2 N–H and O–H groups in total. The van der Waals surface area contributed by atoms with Crippen molar-refractivity contribution in [1.29, 1.82) is 0 Å². The summed E-state index contributed by atoms with van der Waals surface area (Å²) in [5, 5.41) is 12.9. The van der Waals surface area contributed by atoms with Crippen LogP contribution in [0.2, 0.25) is 0 Å². The molecule has 0 aliphatic heterocycles. The Bertz CT molecular complexity index is 658. The molecule has 1 atom stereocenters. The van der Waals surface area contributed by atoms with E-state index in [1.54, 1.807) is 12.1 Å². The predicted molar refractivity (Wildman–Crippen MR) is 91.9 cm³/mol. The second-order valence-corrected chi connectivity index (χ2v) is 6.08. The lowest BCUT2D eigenvalue weighted by Crippen LogP contribution is -2.28. The lowest BCUT2D eigenvalue weighted by Gasteiger charge is -2.19. The first-order valence-electron chi connectivity index (χ1n) is 8.01. The molecule has 0 heterocycles. The number of rotatable bonds is 5. The molecule has 0 saturated heterocycles. The lowest BCUT2D eigenvalue weighted by atomic mass is 9.90. The van der Waals surface area contributed by atoms with Gasteiger partial charge in [0.1, 0.15) is 5.75 Å². The van der Waals surface area contributed by atoms with Crippen LogP contribution in [0.15, 0.2) is 48.5 Å². The van der Waals surface area contributed by atoms with E-state index in [4.69, 9.17) is 0 Å². The third-order valence-corrected chi connectivity index (χ3v) is 4.27. The van der Waals surface area contributed by atoms with Crippen molar-refractivity contribution >= 4 is 6.08 Å². The number of nitrogens with one attached hydrogen (secondary N) is 1. The van der Waals surface area contributed by atoms with Crippen molar-refractivity contribution < 1.29 is 5.11 Å². The van der Waals surface area contributed by atoms with E-state index in [2.05, 4.69) is 42.6 Å². The van der Waals surface area contributed by atoms with Gasteiger partial charge in [-0.05, 0) is 60.6 Å². The van der Waals surface area contributed by atoms with Crippen LogP contribution in [0.5, 0.6) is 5.75 Å². The summed E-state index contributed by atoms with van der Waals surface area (Å²) in [6.07, 6.45) is 7.91. The molecule has 1 aliphatic rings. The van der Waals surface area contributed by atoms with E-state index >= 15 is 0 Å². The molecule has 3 rings (SSSR count). The summed E-state index contributed by atoms with van der Waals surface area (Å²) in [5.41, 5.74) is 5.52. The number of aryl methyl sites for hydroxylation is 1. The number of hydrogen-bond donors (Lipinski definition) is 2. The van der Waals surface area contributed by atoms with Gasteiger partial charge in [-0.2, -0.15) is 0 Å². The molecule has 0 saturated carbocycles. The van der Waals surface area contributed by atoms with Crippen LogP contribution >= 0.6 is 0 Å². The molecule has 2 aromatic carbocycles. The molecule has 0 aromatic heterocycles. The Morgan fingerprint density at radius 3 is 2.77 bits per heavy atom. The van der Waals surface area contributed by atoms with Crippen molar-refractivity contribution in [3.8, 4) is 5.75 Å². The highest BCUT2D eigenvalue weighted by Gasteiger charge is 2.11. The van der Waals surface area contributed by atoms with Crippen LogP contribution in [-0.2, 0) is 19.4 Å². The summed E-state index contributed by atoms with van der Waals surface area (Å²) in [6.45, 7) is 3.05. The molecule has 114 valence electrons. The smallest absolute Gasteiger partial charge is 0.115 e. The highest BCUT2D eigenvalue weighted by atomic mass is 16.3. The van der Waals surface area contributed by atoms with Gasteiger partial charge >= 0.3 is 0 Å². The average molecular weight is 293 g/mol. The van der Waals surface area contributed by atoms with Crippen LogP contribution in [0, 0.1) is 0 Å². The molecule has 22 heavy (non-hydrogen) atoms. The van der Waals surface area contributed by atoms with E-state index in [0.717, 1.165) is 25.8 Å². The van der Waals surface area contributed by atoms with Crippen LogP contribution in [0.1, 0.15) is 35.6 Å². The number of phenolic OH excluding ortho intramolecular Hbond substituents is 1. The van der Waals surface area contributed by atoms with Crippen molar-refractivity contribution in [3.05, 3.63) is 70.8 Å². The van der Waals surface area contributed by atoms with Crippen molar-refractivity contribution in [2.45, 2.75) is 38.8 Å². The van der Waals surface area contributed by atoms with Gasteiger partial charge in [-0.3, -0.25) is 0 Å². The maximum Gasteiger partial charge on any atom is 0.115 e. The third kappa shape index (κ3) is 3.58. The van der Waals surface area contributed by atoms with Gasteiger partial charge in [0, 0.05) is 12.6 Å². The number of allylic oxidation sites excluding steroid dienone is 1. The molecule has 0 bridgehead atoms. The molecule has 0 spiro atoms. The van der Waals surface area contributed by atoms with Crippen LogP contribution in [-0.4, -0.2) is 11.1 Å². The molecule has 2 nitrogen and oxygen atoms in total. The second-order valence-electron chi connectivity index (χ2n) is 6.08. The largest absolute Gasteiger partial charge is 0.508 e. The Kier molecular flexibility index (Phi) is 4.59. The van der Waals surface area contributed by atoms with E-state index in [0.29, 0.717) is 11.8 Å². The Labute approximate surface area is 132 Å². The summed E-state index contributed by atoms with van der Waals surface area (Å²) in [6, 6.07) is 14.5. The van der Waals surface area contributed by atoms with Crippen LogP contribution in [0.25, 0.3) is 6.08 Å². The molecule has 1 aliphatic carbocycles. The van der Waals surface area contributed by atoms with Crippen molar-refractivity contribution in [1.82, 2.24) is 5.32 Å². The summed E-state index contributed by atoms with van der Waals surface area (Å²) >= 11 is 0. The van der Waals surface area contributed by atoms with Gasteiger partial charge in [-0.25, -0.2) is 0 Å². The minimum absolute atomic E-state index is 0.319. The molecule has 0 radical (unpaired) electrons. The highest BCUT2D eigenvalue weighted by molar-refractivity contribution is 5.60. The zero-order valence-corrected chi connectivity index (χ0v) is 13.0. The van der Waals surface area contributed by atoms with Crippen LogP contribution in [0.4, 0.5) is 0 Å². The fraction of sp³-hybridized carbons (Fsp3) is 0.300. The molecule has 0 amide bonds. The van der Waals surface area contributed by atoms with E-state index in [1.165, 1.54) is 22.3 Å². The van der Waals surface area contributed by atoms with E-state index in [9.17, 15) is 5.11 Å². The zero-order chi connectivity index (χ0) is 15.4. The number of aromatic hydroxyl groups is 1. The maximum atomic E-state index is 9.31. The minimum Gasteiger partial charge on any atom is -0.508 e. The van der Waals surface area contributed by atoms with Crippen molar-refractivity contribution in [3.63, 3.8) is 0 Å². The van der Waals surface area contributed by atoms with Gasteiger partial charge < -0.3 is 10.4 Å². The van der Waals surface area contributed by atoms with Gasteiger partial charge in [-0.1, -0.05) is 42.5 Å². The SMILES string of the molecule is CC(Cc1cccc2c1C=CCC2)NCc1ccc(O)cc1. The normalized spacial score (nSPS) is 14.6. The fourth-order valence-electron chi connectivity index (χ4n) is 3.02. The Morgan fingerprint density at radius 1 is 1.14 bits per heavy atom. The number of phenols is 1. The fourth-order valence-corrected chi connectivity index (χ4v) is 3.02. The first-order valence-corrected chi connectivity index (χ1v) is 8.01. The first kappa shape index (κ1) is 14.9. The monoisotopic (exact) mass is 293 g/mol. The number of fused-ring (bicyclic) bond motifs is 1. The van der Waals surface area contributed by atoms with E-state index in [-0.39, 0.29) is 0 Å². The van der Waals surface area contributed by atoms with E-state index in [1.807, 2.05) is 12.1 Å². The Balaban J connectivity index is 1.61. The van der Waals surface area contributed by atoms with E-state index < -0.39 is 0 Å².